The summed E-state index contributed by atoms with van der Waals surface area (Å²) in [6.07, 6.45) is 5.55. The van der Waals surface area contributed by atoms with E-state index in [0.29, 0.717) is 0 Å². The Hall–Kier alpha value is -1.94. The van der Waals surface area contributed by atoms with E-state index in [-0.39, 0.29) is 23.7 Å². The van der Waals surface area contributed by atoms with E-state index in [1.165, 1.54) is 12.1 Å². The van der Waals surface area contributed by atoms with Crippen LogP contribution in [0.15, 0.2) is 36.4 Å². The maximum atomic E-state index is 13.8. The van der Waals surface area contributed by atoms with E-state index in [2.05, 4.69) is 4.90 Å². The van der Waals surface area contributed by atoms with Gasteiger partial charge in [-0.1, -0.05) is 0 Å². The molecule has 1 heterocycles. The topological polar surface area (TPSA) is 29.3 Å². The number of rotatable bonds is 1. The highest BCUT2D eigenvalue weighted by Gasteiger charge is 2.30. The SMILES string of the molecule is N[C@H]1CCC[C@@H](N2c3ccc(F)cc3CCc3cc(F)ccc32)C1. The van der Waals surface area contributed by atoms with Crippen LogP contribution in [-0.4, -0.2) is 12.1 Å². The number of halogens is 2. The zero-order valence-corrected chi connectivity index (χ0v) is 13.6. The zero-order valence-electron chi connectivity index (χ0n) is 13.6. The van der Waals surface area contributed by atoms with Crippen molar-refractivity contribution >= 4 is 11.4 Å². The van der Waals surface area contributed by atoms with E-state index in [9.17, 15) is 8.78 Å². The van der Waals surface area contributed by atoms with Crippen LogP contribution < -0.4 is 10.6 Å². The summed E-state index contributed by atoms with van der Waals surface area (Å²) in [5.41, 5.74) is 10.3. The number of anilines is 2. The largest absolute Gasteiger partial charge is 0.338 e. The first-order chi connectivity index (χ1) is 11.6. The number of hydrogen-bond donors (Lipinski definition) is 1. The Bertz CT molecular complexity index is 706. The Morgan fingerprint density at radius 3 is 2.00 bits per heavy atom. The van der Waals surface area contributed by atoms with Gasteiger partial charge in [0.15, 0.2) is 0 Å². The first-order valence-corrected chi connectivity index (χ1v) is 8.73. The molecule has 2 nitrogen and oxygen atoms in total. The van der Waals surface area contributed by atoms with Crippen molar-refractivity contribution in [3.63, 3.8) is 0 Å². The van der Waals surface area contributed by atoms with Gasteiger partial charge in [0.25, 0.3) is 0 Å². The summed E-state index contributed by atoms with van der Waals surface area (Å²) in [5.74, 6) is -0.433. The van der Waals surface area contributed by atoms with Gasteiger partial charge in [-0.25, -0.2) is 8.78 Å². The minimum Gasteiger partial charge on any atom is -0.338 e. The van der Waals surface area contributed by atoms with E-state index >= 15 is 0 Å². The van der Waals surface area contributed by atoms with Gasteiger partial charge in [-0.15, -0.1) is 0 Å². The number of nitrogens with two attached hydrogens (primary N) is 1. The monoisotopic (exact) mass is 328 g/mol. The van der Waals surface area contributed by atoms with Crippen LogP contribution >= 0.6 is 0 Å². The number of nitrogens with zero attached hydrogens (tertiary/aromatic N) is 1. The van der Waals surface area contributed by atoms with Crippen LogP contribution in [0.3, 0.4) is 0 Å². The molecule has 126 valence electrons. The molecule has 2 aromatic rings. The van der Waals surface area contributed by atoms with Gasteiger partial charge in [0.05, 0.1) is 0 Å². The van der Waals surface area contributed by atoms with Crippen molar-refractivity contribution in [3.05, 3.63) is 59.2 Å². The van der Waals surface area contributed by atoms with Crippen molar-refractivity contribution in [3.8, 4) is 0 Å². The molecule has 2 atom stereocenters. The summed E-state index contributed by atoms with van der Waals surface area (Å²) in [6.45, 7) is 0. The quantitative estimate of drug-likeness (QED) is 0.837. The van der Waals surface area contributed by atoms with Crippen molar-refractivity contribution in [2.45, 2.75) is 50.6 Å². The molecule has 4 rings (SSSR count). The van der Waals surface area contributed by atoms with Crippen LogP contribution in [0.5, 0.6) is 0 Å². The summed E-state index contributed by atoms with van der Waals surface area (Å²) in [6, 6.07) is 10.5. The molecule has 2 N–H and O–H groups in total. The predicted octanol–water partition coefficient (Wildman–Crippen LogP) is 4.47. The van der Waals surface area contributed by atoms with Crippen LogP contribution in [0.2, 0.25) is 0 Å². The number of aryl methyl sites for hydroxylation is 2. The predicted molar refractivity (Wildman–Crippen MR) is 92.6 cm³/mol. The van der Waals surface area contributed by atoms with Gasteiger partial charge in [0.2, 0.25) is 0 Å². The second-order valence-electron chi connectivity index (χ2n) is 7.00. The lowest BCUT2D eigenvalue weighted by Gasteiger charge is -2.39. The molecule has 1 aliphatic heterocycles. The van der Waals surface area contributed by atoms with E-state index in [4.69, 9.17) is 5.73 Å². The fourth-order valence-corrected chi connectivity index (χ4v) is 4.21. The standard InChI is InChI=1S/C20H22F2N2/c21-15-6-8-19-13(10-15)4-5-14-11-16(22)7-9-20(14)24(19)18-3-1-2-17(23)12-18/h6-11,17-18H,1-5,12,23H2/t17-,18+/m0/s1. The highest BCUT2D eigenvalue weighted by molar-refractivity contribution is 5.72. The van der Waals surface area contributed by atoms with Gasteiger partial charge in [-0.3, -0.25) is 0 Å². The zero-order chi connectivity index (χ0) is 16.7. The fourth-order valence-electron chi connectivity index (χ4n) is 4.21. The van der Waals surface area contributed by atoms with Crippen LogP contribution in [0, 0.1) is 11.6 Å². The van der Waals surface area contributed by atoms with Crippen LogP contribution in [-0.2, 0) is 12.8 Å². The molecule has 0 amide bonds. The van der Waals surface area contributed by atoms with Crippen molar-refractivity contribution in [2.24, 2.45) is 5.73 Å². The number of hydrogen-bond acceptors (Lipinski definition) is 2. The van der Waals surface area contributed by atoms with E-state index in [1.807, 2.05) is 12.1 Å². The number of benzene rings is 2. The molecule has 1 aliphatic carbocycles. The molecule has 0 bridgehead atoms. The Morgan fingerprint density at radius 2 is 1.46 bits per heavy atom. The van der Waals surface area contributed by atoms with Crippen LogP contribution in [0.4, 0.5) is 20.2 Å². The first-order valence-electron chi connectivity index (χ1n) is 8.73. The normalized spacial score (nSPS) is 23.4. The second-order valence-corrected chi connectivity index (χ2v) is 7.00. The summed E-state index contributed by atoms with van der Waals surface area (Å²) >= 11 is 0. The lowest BCUT2D eigenvalue weighted by atomic mass is 9.89. The molecule has 0 saturated heterocycles. The molecule has 0 radical (unpaired) electrons. The summed E-state index contributed by atoms with van der Waals surface area (Å²) in [5, 5.41) is 0. The average Bonchev–Trinajstić information content (AvgIpc) is 2.71. The Balaban J connectivity index is 1.85. The molecule has 4 heteroatoms. The van der Waals surface area contributed by atoms with E-state index in [0.717, 1.165) is 61.0 Å². The summed E-state index contributed by atoms with van der Waals surface area (Å²) in [4.78, 5) is 2.29. The molecule has 1 fully saturated rings. The van der Waals surface area contributed by atoms with Crippen LogP contribution in [0.25, 0.3) is 0 Å². The summed E-state index contributed by atoms with van der Waals surface area (Å²) in [7, 11) is 0. The molecule has 0 aromatic heterocycles. The second kappa shape index (κ2) is 6.17. The van der Waals surface area contributed by atoms with Gasteiger partial charge in [-0.2, -0.15) is 0 Å². The Morgan fingerprint density at radius 1 is 0.875 bits per heavy atom. The molecule has 2 aromatic carbocycles. The van der Waals surface area contributed by atoms with Crippen molar-refractivity contribution in [2.75, 3.05) is 4.90 Å². The summed E-state index contributed by atoms with van der Waals surface area (Å²) < 4.78 is 27.5. The van der Waals surface area contributed by atoms with Gasteiger partial charge < -0.3 is 10.6 Å². The highest BCUT2D eigenvalue weighted by atomic mass is 19.1. The van der Waals surface area contributed by atoms with Gasteiger partial charge in [-0.05, 0) is 86.1 Å². The van der Waals surface area contributed by atoms with E-state index in [1.54, 1.807) is 12.1 Å². The average molecular weight is 328 g/mol. The van der Waals surface area contributed by atoms with Gasteiger partial charge >= 0.3 is 0 Å². The minimum absolute atomic E-state index is 0.194. The molecule has 1 saturated carbocycles. The van der Waals surface area contributed by atoms with E-state index < -0.39 is 0 Å². The third-order valence-corrected chi connectivity index (χ3v) is 5.32. The number of fused-ring (bicyclic) bond motifs is 2. The molecule has 2 aliphatic rings. The van der Waals surface area contributed by atoms with Gasteiger partial charge in [0.1, 0.15) is 11.6 Å². The lowest BCUT2D eigenvalue weighted by molar-refractivity contribution is 0.388. The third kappa shape index (κ3) is 2.80. The molecule has 24 heavy (non-hydrogen) atoms. The first kappa shape index (κ1) is 15.6. The third-order valence-electron chi connectivity index (χ3n) is 5.32. The van der Waals surface area contributed by atoms with Crippen molar-refractivity contribution in [1.82, 2.24) is 0 Å². The van der Waals surface area contributed by atoms with Crippen LogP contribution in [0.1, 0.15) is 36.8 Å². The smallest absolute Gasteiger partial charge is 0.123 e. The molecular formula is C20H22F2N2. The maximum Gasteiger partial charge on any atom is 0.123 e. The molecule has 0 spiro atoms. The minimum atomic E-state index is -0.216. The van der Waals surface area contributed by atoms with Gasteiger partial charge in [0, 0.05) is 23.5 Å². The molecular weight excluding hydrogens is 306 g/mol. The Kier molecular flexibility index (Phi) is 4.01. The Labute approximate surface area is 141 Å². The van der Waals surface area contributed by atoms with Crippen molar-refractivity contribution in [1.29, 1.82) is 0 Å². The highest BCUT2D eigenvalue weighted by Crippen LogP contribution is 2.41. The lowest BCUT2D eigenvalue weighted by Crippen LogP contribution is -2.40. The fraction of sp³-hybridized carbons (Fsp3) is 0.400. The molecule has 0 unspecified atom stereocenters. The van der Waals surface area contributed by atoms with Crippen molar-refractivity contribution < 1.29 is 8.78 Å². The maximum absolute atomic E-state index is 13.8.